The van der Waals surface area contributed by atoms with Crippen LogP contribution in [0.4, 0.5) is 0 Å². The van der Waals surface area contributed by atoms with Gasteiger partial charge < -0.3 is 10.4 Å². The lowest BCUT2D eigenvalue weighted by Crippen LogP contribution is -1.98. The van der Waals surface area contributed by atoms with E-state index in [1.54, 1.807) is 12.1 Å². The van der Waals surface area contributed by atoms with Crippen LogP contribution in [0.3, 0.4) is 0 Å². The van der Waals surface area contributed by atoms with E-state index in [4.69, 9.17) is 5.11 Å². The van der Waals surface area contributed by atoms with Crippen molar-refractivity contribution < 1.29 is 14.7 Å². The van der Waals surface area contributed by atoms with Gasteiger partial charge in [-0.3, -0.25) is 9.59 Å². The highest BCUT2D eigenvalue weighted by Crippen LogP contribution is 1.98. The predicted molar refractivity (Wildman–Crippen MR) is 50.8 cm³/mol. The summed E-state index contributed by atoms with van der Waals surface area (Å²) >= 11 is 0. The third-order valence-corrected chi connectivity index (χ3v) is 1.52. The molecule has 2 rings (SSSR count). The normalized spacial score (nSPS) is 12.1. The topological polar surface area (TPSA) is 76.3 Å². The molecule has 1 heterocycles. The molecule has 0 saturated carbocycles. The molecule has 1 aromatic carbocycles. The zero-order valence-electron chi connectivity index (χ0n) is 7.56. The number of carboxylic acid groups (broad SMARTS) is 1. The maximum atomic E-state index is 10.2. The zero-order valence-corrected chi connectivity index (χ0v) is 7.56. The first kappa shape index (κ1) is 10.2. The largest absolute Gasteiger partial charge is 0.481 e. The fraction of sp³-hybridized carbons (Fsp3) is 0.200. The second kappa shape index (κ2) is 5.01. The summed E-state index contributed by atoms with van der Waals surface area (Å²) in [5, 5.41) is 10.8. The maximum Gasteiger partial charge on any atom is 0.307 e. The molecule has 4 heteroatoms. The molecule has 0 atom stereocenters. The third-order valence-electron chi connectivity index (χ3n) is 1.52. The molecule has 74 valence electrons. The fourth-order valence-corrected chi connectivity index (χ4v) is 0.807. The lowest BCUT2D eigenvalue weighted by atomic mass is 10.2. The van der Waals surface area contributed by atoms with Crippen LogP contribution in [-0.2, 0) is 16.0 Å². The average Bonchev–Trinajstić information content (AvgIpc) is 2.89. The molecule has 0 aliphatic carbocycles. The Morgan fingerprint density at radius 2 is 1.86 bits per heavy atom. The Kier molecular flexibility index (Phi) is 3.67. The minimum atomic E-state index is -0.786. The smallest absolute Gasteiger partial charge is 0.307 e. The van der Waals surface area contributed by atoms with Crippen LogP contribution in [0.1, 0.15) is 5.56 Å². The minimum absolute atomic E-state index is 0.112. The zero-order chi connectivity index (χ0) is 10.4. The van der Waals surface area contributed by atoms with Gasteiger partial charge in [0.25, 0.3) is 0 Å². The first-order chi connectivity index (χ1) is 6.68. The summed E-state index contributed by atoms with van der Waals surface area (Å²) in [6, 6.07) is 9.13. The van der Waals surface area contributed by atoms with Crippen molar-refractivity contribution in [2.75, 3.05) is 6.54 Å². The van der Waals surface area contributed by atoms with Gasteiger partial charge >= 0.3 is 5.97 Å². The quantitative estimate of drug-likeness (QED) is 0.669. The van der Waals surface area contributed by atoms with E-state index in [2.05, 4.69) is 5.32 Å². The molecule has 0 unspecified atom stereocenters. The summed E-state index contributed by atoms with van der Waals surface area (Å²) < 4.78 is 0. The standard InChI is InChI=1S/C8H8O2.C2H3NO/c9-8(10)6-7-4-2-1-3-5-7;4-2-1-3-2/h1-5H,6H2,(H,9,10);1H2,(H,3,4). The van der Waals surface area contributed by atoms with Crippen LogP contribution in [-0.4, -0.2) is 23.5 Å². The summed E-state index contributed by atoms with van der Waals surface area (Å²) in [4.78, 5) is 19.6. The molecule has 1 saturated heterocycles. The number of amides is 1. The molecule has 1 aromatic rings. The average molecular weight is 193 g/mol. The van der Waals surface area contributed by atoms with Gasteiger partial charge in [0.05, 0.1) is 13.0 Å². The van der Waals surface area contributed by atoms with Crippen LogP contribution in [0, 0.1) is 0 Å². The first-order valence-corrected chi connectivity index (χ1v) is 4.21. The van der Waals surface area contributed by atoms with Crippen molar-refractivity contribution in [1.82, 2.24) is 5.32 Å². The predicted octanol–water partition coefficient (Wildman–Crippen LogP) is 0.430. The van der Waals surface area contributed by atoms with E-state index in [1.807, 2.05) is 18.2 Å². The van der Waals surface area contributed by atoms with Gasteiger partial charge in [-0.1, -0.05) is 30.3 Å². The lowest BCUT2D eigenvalue weighted by Gasteiger charge is -1.92. The van der Waals surface area contributed by atoms with Gasteiger partial charge in [0.2, 0.25) is 5.91 Å². The van der Waals surface area contributed by atoms with Gasteiger partial charge in [0.15, 0.2) is 0 Å². The monoisotopic (exact) mass is 193 g/mol. The molecule has 1 amide bonds. The Morgan fingerprint density at radius 1 is 1.36 bits per heavy atom. The molecule has 2 N–H and O–H groups in total. The molecular formula is C10H11NO3. The van der Waals surface area contributed by atoms with Gasteiger partial charge in [-0.05, 0) is 5.56 Å². The van der Waals surface area contributed by atoms with Crippen LogP contribution < -0.4 is 5.32 Å². The number of carbonyl (C=O) groups excluding carboxylic acids is 1. The van der Waals surface area contributed by atoms with Crippen molar-refractivity contribution in [1.29, 1.82) is 0 Å². The number of benzene rings is 1. The van der Waals surface area contributed by atoms with E-state index >= 15 is 0 Å². The van der Waals surface area contributed by atoms with Crippen LogP contribution in [0.5, 0.6) is 0 Å². The highest BCUT2D eigenvalue weighted by molar-refractivity contribution is 5.91. The summed E-state index contributed by atoms with van der Waals surface area (Å²) in [5.74, 6) is -0.619. The number of rotatable bonds is 2. The molecular weight excluding hydrogens is 182 g/mol. The van der Waals surface area contributed by atoms with E-state index in [-0.39, 0.29) is 12.3 Å². The van der Waals surface area contributed by atoms with E-state index in [0.29, 0.717) is 6.54 Å². The molecule has 1 aliphatic rings. The van der Waals surface area contributed by atoms with Crippen LogP contribution in [0.25, 0.3) is 0 Å². The van der Waals surface area contributed by atoms with E-state index in [9.17, 15) is 9.59 Å². The van der Waals surface area contributed by atoms with Crippen LogP contribution >= 0.6 is 0 Å². The second-order valence-electron chi connectivity index (χ2n) is 2.83. The van der Waals surface area contributed by atoms with Crippen LogP contribution in [0.15, 0.2) is 30.3 Å². The van der Waals surface area contributed by atoms with Gasteiger partial charge in [-0.15, -0.1) is 0 Å². The Hall–Kier alpha value is -1.84. The molecule has 1 aliphatic heterocycles. The molecule has 0 radical (unpaired) electrons. The molecule has 0 spiro atoms. The lowest BCUT2D eigenvalue weighted by molar-refractivity contribution is -0.136. The van der Waals surface area contributed by atoms with E-state index in [0.717, 1.165) is 5.56 Å². The Bertz CT molecular complexity index is 315. The van der Waals surface area contributed by atoms with Gasteiger partial charge in [-0.2, -0.15) is 0 Å². The number of hydrogen-bond acceptors (Lipinski definition) is 2. The number of nitrogens with one attached hydrogen (secondary N) is 1. The number of carboxylic acids is 1. The fourth-order valence-electron chi connectivity index (χ4n) is 0.807. The van der Waals surface area contributed by atoms with Crippen molar-refractivity contribution in [3.8, 4) is 0 Å². The van der Waals surface area contributed by atoms with E-state index < -0.39 is 5.97 Å². The number of aliphatic carboxylic acids is 1. The van der Waals surface area contributed by atoms with Crippen molar-refractivity contribution in [3.63, 3.8) is 0 Å². The Balaban J connectivity index is 0.000000203. The Labute approximate surface area is 81.6 Å². The maximum absolute atomic E-state index is 10.2. The Morgan fingerprint density at radius 3 is 2.21 bits per heavy atom. The van der Waals surface area contributed by atoms with Crippen LogP contribution in [0.2, 0.25) is 0 Å². The SMILES string of the molecule is O=C(O)Cc1ccccc1.O=C1CN1. The van der Waals surface area contributed by atoms with Crippen molar-refractivity contribution in [3.05, 3.63) is 35.9 Å². The highest BCUT2D eigenvalue weighted by atomic mass is 16.4. The molecule has 14 heavy (non-hydrogen) atoms. The van der Waals surface area contributed by atoms with E-state index in [1.165, 1.54) is 0 Å². The molecule has 0 bridgehead atoms. The molecule has 0 aromatic heterocycles. The summed E-state index contributed by atoms with van der Waals surface area (Å²) in [5.41, 5.74) is 0.843. The summed E-state index contributed by atoms with van der Waals surface area (Å²) in [6.45, 7) is 0.597. The third kappa shape index (κ3) is 4.92. The summed E-state index contributed by atoms with van der Waals surface area (Å²) in [6.07, 6.45) is 0.112. The molecule has 1 fully saturated rings. The van der Waals surface area contributed by atoms with Gasteiger partial charge in [0, 0.05) is 0 Å². The minimum Gasteiger partial charge on any atom is -0.481 e. The molecule has 4 nitrogen and oxygen atoms in total. The number of carbonyl (C=O) groups is 2. The first-order valence-electron chi connectivity index (χ1n) is 4.21. The summed E-state index contributed by atoms with van der Waals surface area (Å²) in [7, 11) is 0. The highest BCUT2D eigenvalue weighted by Gasteiger charge is 2.10. The second-order valence-corrected chi connectivity index (χ2v) is 2.83. The van der Waals surface area contributed by atoms with Crippen molar-refractivity contribution in [2.24, 2.45) is 0 Å². The van der Waals surface area contributed by atoms with Crippen molar-refractivity contribution >= 4 is 11.9 Å². The van der Waals surface area contributed by atoms with Gasteiger partial charge in [-0.25, -0.2) is 0 Å². The van der Waals surface area contributed by atoms with Crippen molar-refractivity contribution in [2.45, 2.75) is 6.42 Å². The number of hydrogen-bond donors (Lipinski definition) is 2. The van der Waals surface area contributed by atoms with Gasteiger partial charge in [0.1, 0.15) is 0 Å².